The Morgan fingerprint density at radius 3 is 0.778 bits per heavy atom. The monoisotopic (exact) mass is 1160 g/mol. The van der Waals surface area contributed by atoms with Crippen molar-refractivity contribution in [2.45, 2.75) is 0 Å². The largest absolute Gasteiger partial charge is 0.317 e. The lowest BCUT2D eigenvalue weighted by Crippen LogP contribution is -2.07. The predicted molar refractivity (Wildman–Crippen MR) is 381 cm³/mol. The molecule has 0 atom stereocenters. The summed E-state index contributed by atoms with van der Waals surface area (Å²) >= 11 is 1.78. The van der Waals surface area contributed by atoms with Crippen molar-refractivity contribution in [1.82, 2.24) is 13.7 Å². The van der Waals surface area contributed by atoms with Gasteiger partial charge in [-0.3, -0.25) is 0 Å². The smallest absolute Gasteiger partial charge is 0.237 e. The van der Waals surface area contributed by atoms with Gasteiger partial charge in [-0.25, -0.2) is 4.85 Å². The maximum atomic E-state index is 10.1. The average molecular weight is 1160 g/mol. The Morgan fingerprint density at radius 2 is 0.489 bits per heavy atom. The van der Waals surface area contributed by atoms with Crippen molar-refractivity contribution in [3.8, 4) is 83.8 Å². The predicted octanol–water partition coefficient (Wildman–Crippen LogP) is 23.9. The van der Waals surface area contributed by atoms with Crippen molar-refractivity contribution in [3.63, 3.8) is 0 Å². The normalized spacial score (nSPS) is 11.8. The molecule has 0 saturated heterocycles. The van der Waals surface area contributed by atoms with E-state index in [1.165, 1.54) is 0 Å². The Balaban J connectivity index is 1.05. The number of aromatic nitrogens is 3. The molecule has 0 radical (unpaired) electrons. The molecule has 0 bridgehead atoms. The molecule has 0 aliphatic carbocycles. The van der Waals surface area contributed by atoms with Crippen molar-refractivity contribution >= 4 is 103 Å². The van der Waals surface area contributed by atoms with Crippen LogP contribution in [0.2, 0.25) is 0 Å². The molecule has 90 heavy (non-hydrogen) atoms. The number of hydrogen-bond donors (Lipinski definition) is 0. The van der Waals surface area contributed by atoms with Crippen LogP contribution in [-0.4, -0.2) is 13.7 Å². The lowest BCUT2D eigenvalue weighted by atomic mass is 10.0. The van der Waals surface area contributed by atoms with Crippen molar-refractivity contribution in [2.24, 2.45) is 0 Å². The van der Waals surface area contributed by atoms with Crippen LogP contribution in [0, 0.1) is 6.57 Å². The number of thiophene rings is 1. The summed E-state index contributed by atoms with van der Waals surface area (Å²) < 4.78 is 9.58. The first kappa shape index (κ1) is 51.4. The Kier molecular flexibility index (Phi) is 11.8. The minimum atomic E-state index is 0.553. The quantitative estimate of drug-likeness (QED) is 0.128. The number of fused-ring (bicyclic) bond motifs is 12. The summed E-state index contributed by atoms with van der Waals surface area (Å²) in [5.74, 6) is 0. The van der Waals surface area contributed by atoms with Gasteiger partial charge in [0, 0.05) is 47.8 Å². The van der Waals surface area contributed by atoms with E-state index in [2.05, 4.69) is 329 Å². The maximum absolute atomic E-state index is 10.1. The third kappa shape index (κ3) is 8.06. The van der Waals surface area contributed by atoms with Crippen LogP contribution in [0.5, 0.6) is 0 Å². The Labute approximate surface area is 523 Å². The van der Waals surface area contributed by atoms with Gasteiger partial charge in [0.05, 0.1) is 61.4 Å². The first-order chi connectivity index (χ1) is 44.6. The minimum absolute atomic E-state index is 0.553. The number of benzene rings is 14. The maximum Gasteiger partial charge on any atom is 0.237 e. The number of rotatable bonds is 9. The molecule has 0 fully saturated rings. The highest BCUT2D eigenvalue weighted by molar-refractivity contribution is 7.26. The summed E-state index contributed by atoms with van der Waals surface area (Å²) in [6, 6.07) is 115. The summed E-state index contributed by atoms with van der Waals surface area (Å²) in [6.45, 7) is 10.1. The van der Waals surface area contributed by atoms with Gasteiger partial charge >= 0.3 is 0 Å². The summed E-state index contributed by atoms with van der Waals surface area (Å²) in [7, 11) is 0. The molecule has 0 aliphatic heterocycles. The van der Waals surface area contributed by atoms with Gasteiger partial charge in [0.1, 0.15) is 0 Å². The van der Waals surface area contributed by atoms with Crippen LogP contribution in [0.3, 0.4) is 0 Å². The SMILES string of the molecule is [C-]#[N+]c1c(-n2c3ccc(-c4ccccc4)cc3c3cc(-c4ccccc4)ccc32)c(-n2c3ccc(-c4ccccc4)cc3c3cc(-c4ccccc4)ccc32)c2c(sc3ccccc32)c1-n1c2ccc(-c3ccccc3)cc2c2cc(-c3ccccc3)ccc21. The van der Waals surface area contributed by atoms with E-state index in [4.69, 9.17) is 4.85 Å². The fraction of sp³-hybridized carbons (Fsp3) is 0. The van der Waals surface area contributed by atoms with Gasteiger partial charge in [-0.05, 0) is 146 Å². The molecule has 4 heterocycles. The molecular formula is C85H52N4S. The summed E-state index contributed by atoms with van der Waals surface area (Å²) in [6.07, 6.45) is 0. The van der Waals surface area contributed by atoms with Gasteiger partial charge in [0.15, 0.2) is 0 Å². The second kappa shape index (κ2) is 20.7. The molecule has 0 saturated carbocycles. The first-order valence-corrected chi connectivity index (χ1v) is 31.4. The zero-order valence-electron chi connectivity index (χ0n) is 48.7. The van der Waals surface area contributed by atoms with Gasteiger partial charge in [0.25, 0.3) is 0 Å². The second-order valence-corrected chi connectivity index (χ2v) is 24.5. The highest BCUT2D eigenvalue weighted by Crippen LogP contribution is 2.55. The molecule has 18 rings (SSSR count). The molecular weight excluding hydrogens is 1110 g/mol. The Morgan fingerprint density at radius 1 is 0.233 bits per heavy atom. The van der Waals surface area contributed by atoms with E-state index >= 15 is 0 Å². The van der Waals surface area contributed by atoms with Gasteiger partial charge in [-0.1, -0.05) is 237 Å². The summed E-state index contributed by atoms with van der Waals surface area (Å²) in [5, 5.41) is 8.90. The van der Waals surface area contributed by atoms with E-state index in [1.54, 1.807) is 11.3 Å². The highest BCUT2D eigenvalue weighted by Gasteiger charge is 2.32. The van der Waals surface area contributed by atoms with Crippen LogP contribution in [0.25, 0.3) is 174 Å². The van der Waals surface area contributed by atoms with E-state index in [0.29, 0.717) is 5.69 Å². The van der Waals surface area contributed by atoms with Gasteiger partial charge in [0.2, 0.25) is 5.69 Å². The second-order valence-electron chi connectivity index (χ2n) is 23.4. The lowest BCUT2D eigenvalue weighted by Gasteiger charge is -2.24. The zero-order chi connectivity index (χ0) is 59.4. The van der Waals surface area contributed by atoms with E-state index < -0.39 is 0 Å². The molecule has 14 aromatic carbocycles. The highest BCUT2D eigenvalue weighted by atomic mass is 32.1. The van der Waals surface area contributed by atoms with Gasteiger partial charge in [-0.2, -0.15) is 0 Å². The Bertz CT molecular complexity index is 5640. The molecule has 418 valence electrons. The van der Waals surface area contributed by atoms with Crippen molar-refractivity contribution in [3.05, 3.63) is 327 Å². The molecule has 5 heteroatoms. The fourth-order valence-electron chi connectivity index (χ4n) is 14.3. The van der Waals surface area contributed by atoms with Crippen LogP contribution >= 0.6 is 11.3 Å². The average Bonchev–Trinajstić information content (AvgIpc) is 1.51. The van der Waals surface area contributed by atoms with E-state index in [1.807, 2.05) is 0 Å². The van der Waals surface area contributed by atoms with Crippen LogP contribution in [0.4, 0.5) is 5.69 Å². The molecule has 18 aromatic rings. The topological polar surface area (TPSA) is 19.1 Å². The first-order valence-electron chi connectivity index (χ1n) is 30.6. The summed E-state index contributed by atoms with van der Waals surface area (Å²) in [4.78, 5) is 5.03. The van der Waals surface area contributed by atoms with Crippen LogP contribution in [-0.2, 0) is 0 Å². The standard InChI is InChI=1S/C85H52N4S/c1-86-81-83(88-75-44-38-62(56-26-12-4-13-27-56)50-69(75)70-51-63(39-45-76(70)88)57-28-14-5-15-29-57)82(87-73-42-36-60(54-22-8-2-9-23-54)48-67(73)68-49-61(37-43-74(68)87)55-24-10-3-11-25-55)80-66-34-20-21-35-79(66)90-85(80)84(81)89-77-46-40-64(58-30-16-6-17-31-58)52-71(77)72-53-65(41-47-78(72)89)59-32-18-7-19-33-59/h2-53H. The Hall–Kier alpha value is -11.8. The van der Waals surface area contributed by atoms with Crippen molar-refractivity contribution in [2.75, 3.05) is 0 Å². The van der Waals surface area contributed by atoms with E-state index in [-0.39, 0.29) is 0 Å². The molecule has 4 aromatic heterocycles. The lowest BCUT2D eigenvalue weighted by molar-refractivity contribution is 1.10. The third-order valence-corrected chi connectivity index (χ3v) is 19.6. The number of hydrogen-bond acceptors (Lipinski definition) is 1. The molecule has 0 aliphatic rings. The number of nitrogens with zero attached hydrogens (tertiary/aromatic N) is 4. The van der Waals surface area contributed by atoms with Gasteiger partial charge < -0.3 is 13.7 Å². The van der Waals surface area contributed by atoms with Gasteiger partial charge in [-0.15, -0.1) is 11.3 Å². The van der Waals surface area contributed by atoms with Crippen LogP contribution in [0.15, 0.2) is 315 Å². The summed E-state index contributed by atoms with van der Waals surface area (Å²) in [5.41, 5.74) is 23.0. The molecule has 4 nitrogen and oxygen atoms in total. The third-order valence-electron chi connectivity index (χ3n) is 18.4. The van der Waals surface area contributed by atoms with Crippen molar-refractivity contribution < 1.29 is 0 Å². The molecule has 0 N–H and O–H groups in total. The molecule has 0 spiro atoms. The van der Waals surface area contributed by atoms with Crippen molar-refractivity contribution in [1.29, 1.82) is 0 Å². The minimum Gasteiger partial charge on any atom is -0.317 e. The zero-order valence-corrected chi connectivity index (χ0v) is 49.5. The van der Waals surface area contributed by atoms with Crippen LogP contribution < -0.4 is 0 Å². The van der Waals surface area contributed by atoms with E-state index in [0.717, 1.165) is 169 Å². The van der Waals surface area contributed by atoms with E-state index in [9.17, 15) is 6.57 Å². The fourth-order valence-corrected chi connectivity index (χ4v) is 15.5. The molecule has 0 amide bonds. The molecule has 0 unspecified atom stereocenters. The van der Waals surface area contributed by atoms with Crippen LogP contribution in [0.1, 0.15) is 0 Å².